The van der Waals surface area contributed by atoms with Gasteiger partial charge in [0, 0.05) is 12.5 Å². The van der Waals surface area contributed by atoms with Crippen molar-refractivity contribution in [2.24, 2.45) is 0 Å². The summed E-state index contributed by atoms with van der Waals surface area (Å²) in [7, 11) is 1.41. The Balaban J connectivity index is 2.68. The molecule has 0 aliphatic heterocycles. The number of methoxy groups -OCH3 is 1. The number of carboxylic acids is 1. The van der Waals surface area contributed by atoms with Crippen molar-refractivity contribution >= 4 is 5.97 Å². The third-order valence-electron chi connectivity index (χ3n) is 2.34. The average Bonchev–Trinajstić information content (AvgIpc) is 2.71. The maximum atomic E-state index is 13.2. The predicted octanol–water partition coefficient (Wildman–Crippen LogP) is 2.50. The molecule has 2 rings (SSSR count). The summed E-state index contributed by atoms with van der Waals surface area (Å²) in [5.74, 6) is -1.60. The Bertz CT molecular complexity index is 606. The molecule has 0 fully saturated rings. The molecular formula is C12H10FNO4. The minimum atomic E-state index is -1.27. The molecule has 0 saturated carbocycles. The zero-order valence-electron chi connectivity index (χ0n) is 9.73. The highest BCUT2D eigenvalue weighted by molar-refractivity contribution is 5.92. The predicted molar refractivity (Wildman–Crippen MR) is 60.1 cm³/mol. The first-order valence-corrected chi connectivity index (χ1v) is 5.07. The molecule has 5 nitrogen and oxygen atoms in total. The van der Waals surface area contributed by atoms with Crippen molar-refractivity contribution in [3.8, 4) is 17.0 Å². The van der Waals surface area contributed by atoms with Crippen molar-refractivity contribution in [1.82, 2.24) is 4.98 Å². The number of halogens is 1. The van der Waals surface area contributed by atoms with Crippen LogP contribution in [-0.2, 0) is 0 Å². The van der Waals surface area contributed by atoms with Crippen LogP contribution in [-0.4, -0.2) is 23.2 Å². The van der Waals surface area contributed by atoms with Gasteiger partial charge >= 0.3 is 5.97 Å². The van der Waals surface area contributed by atoms with Crippen LogP contribution in [0.25, 0.3) is 11.3 Å². The van der Waals surface area contributed by atoms with Crippen LogP contribution >= 0.6 is 0 Å². The Kier molecular flexibility index (Phi) is 3.01. The Morgan fingerprint density at radius 3 is 2.83 bits per heavy atom. The van der Waals surface area contributed by atoms with Gasteiger partial charge in [-0.15, -0.1) is 0 Å². The van der Waals surface area contributed by atoms with Gasteiger partial charge in [0.1, 0.15) is 17.3 Å². The third kappa shape index (κ3) is 2.04. The second kappa shape index (κ2) is 4.48. The SMILES string of the molecule is COc1ccc(F)cc1-c1nc(C)oc1C(=O)O. The third-order valence-corrected chi connectivity index (χ3v) is 2.34. The number of benzene rings is 1. The van der Waals surface area contributed by atoms with E-state index < -0.39 is 11.8 Å². The zero-order valence-corrected chi connectivity index (χ0v) is 9.73. The standard InChI is InChI=1S/C12H10FNO4/c1-6-14-10(11(18-6)12(15)16)8-5-7(13)3-4-9(8)17-2/h3-5H,1-2H3,(H,15,16). The topological polar surface area (TPSA) is 72.6 Å². The Morgan fingerprint density at radius 1 is 1.50 bits per heavy atom. The molecule has 0 amide bonds. The molecule has 0 unspecified atom stereocenters. The van der Waals surface area contributed by atoms with Gasteiger partial charge in [-0.25, -0.2) is 14.2 Å². The fourth-order valence-electron chi connectivity index (χ4n) is 1.62. The molecule has 0 atom stereocenters. The summed E-state index contributed by atoms with van der Waals surface area (Å²) in [6.07, 6.45) is 0. The van der Waals surface area contributed by atoms with E-state index in [1.165, 1.54) is 26.2 Å². The van der Waals surface area contributed by atoms with Crippen LogP contribution in [0, 0.1) is 12.7 Å². The van der Waals surface area contributed by atoms with Gasteiger partial charge in [-0.1, -0.05) is 0 Å². The van der Waals surface area contributed by atoms with Crippen molar-refractivity contribution in [1.29, 1.82) is 0 Å². The lowest BCUT2D eigenvalue weighted by Gasteiger charge is -2.06. The number of hydrogen-bond acceptors (Lipinski definition) is 4. The molecule has 1 aromatic heterocycles. The van der Waals surface area contributed by atoms with Crippen molar-refractivity contribution in [3.63, 3.8) is 0 Å². The number of aromatic carboxylic acids is 1. The van der Waals surface area contributed by atoms with Crippen LogP contribution in [0.15, 0.2) is 22.6 Å². The molecule has 0 aliphatic rings. The number of hydrogen-bond donors (Lipinski definition) is 1. The number of carbonyl (C=O) groups is 1. The maximum absolute atomic E-state index is 13.2. The van der Waals surface area contributed by atoms with Gasteiger partial charge in [-0.2, -0.15) is 0 Å². The monoisotopic (exact) mass is 251 g/mol. The zero-order chi connectivity index (χ0) is 13.3. The molecule has 1 aromatic carbocycles. The highest BCUT2D eigenvalue weighted by Gasteiger charge is 2.22. The lowest BCUT2D eigenvalue weighted by atomic mass is 10.1. The van der Waals surface area contributed by atoms with Crippen LogP contribution < -0.4 is 4.74 Å². The number of ether oxygens (including phenoxy) is 1. The molecule has 1 N–H and O–H groups in total. The van der Waals surface area contributed by atoms with Crippen molar-refractivity contribution in [2.75, 3.05) is 7.11 Å². The molecule has 1 heterocycles. The summed E-state index contributed by atoms with van der Waals surface area (Å²) >= 11 is 0. The van der Waals surface area contributed by atoms with E-state index in [2.05, 4.69) is 4.98 Å². The highest BCUT2D eigenvalue weighted by atomic mass is 19.1. The van der Waals surface area contributed by atoms with Gasteiger partial charge in [-0.3, -0.25) is 0 Å². The van der Waals surface area contributed by atoms with Gasteiger partial charge < -0.3 is 14.3 Å². The van der Waals surface area contributed by atoms with Gasteiger partial charge in [0.15, 0.2) is 5.89 Å². The number of rotatable bonds is 3. The Hall–Kier alpha value is -2.37. The quantitative estimate of drug-likeness (QED) is 0.907. The van der Waals surface area contributed by atoms with Crippen LogP contribution in [0.3, 0.4) is 0 Å². The smallest absolute Gasteiger partial charge is 0.374 e. The molecular weight excluding hydrogens is 241 g/mol. The van der Waals surface area contributed by atoms with Gasteiger partial charge in [0.25, 0.3) is 0 Å². The number of aromatic nitrogens is 1. The second-order valence-electron chi connectivity index (χ2n) is 3.56. The number of aryl methyl sites for hydroxylation is 1. The summed E-state index contributed by atoms with van der Waals surface area (Å²) in [5, 5.41) is 9.00. The number of carboxylic acid groups (broad SMARTS) is 1. The first-order valence-electron chi connectivity index (χ1n) is 5.07. The molecule has 18 heavy (non-hydrogen) atoms. The fraction of sp³-hybridized carbons (Fsp3) is 0.167. The Labute approximate surface area is 102 Å². The summed E-state index contributed by atoms with van der Waals surface area (Å²) in [6.45, 7) is 1.52. The minimum Gasteiger partial charge on any atom is -0.496 e. The molecule has 6 heteroatoms. The Morgan fingerprint density at radius 2 is 2.22 bits per heavy atom. The maximum Gasteiger partial charge on any atom is 0.374 e. The van der Waals surface area contributed by atoms with Gasteiger partial charge in [0.2, 0.25) is 5.76 Å². The van der Waals surface area contributed by atoms with Crippen molar-refractivity contribution < 1.29 is 23.4 Å². The molecule has 0 radical (unpaired) electrons. The first-order chi connectivity index (χ1) is 8.52. The summed E-state index contributed by atoms with van der Waals surface area (Å²) in [5.41, 5.74) is 0.295. The van der Waals surface area contributed by atoms with Gasteiger partial charge in [-0.05, 0) is 18.2 Å². The first kappa shape index (κ1) is 12.1. The molecule has 0 aliphatic carbocycles. The summed E-state index contributed by atoms with van der Waals surface area (Å²) < 4.78 is 23.3. The largest absolute Gasteiger partial charge is 0.496 e. The van der Waals surface area contributed by atoms with E-state index in [0.717, 1.165) is 6.07 Å². The van der Waals surface area contributed by atoms with Crippen LogP contribution in [0.5, 0.6) is 5.75 Å². The molecule has 0 bridgehead atoms. The lowest BCUT2D eigenvalue weighted by Crippen LogP contribution is -1.98. The second-order valence-corrected chi connectivity index (χ2v) is 3.56. The molecule has 0 spiro atoms. The van der Waals surface area contributed by atoms with E-state index in [0.29, 0.717) is 5.75 Å². The van der Waals surface area contributed by atoms with E-state index in [9.17, 15) is 9.18 Å². The van der Waals surface area contributed by atoms with Gasteiger partial charge in [0.05, 0.1) is 7.11 Å². The van der Waals surface area contributed by atoms with Crippen LogP contribution in [0.2, 0.25) is 0 Å². The van der Waals surface area contributed by atoms with E-state index in [1.54, 1.807) is 0 Å². The van der Waals surface area contributed by atoms with E-state index in [1.807, 2.05) is 0 Å². The van der Waals surface area contributed by atoms with E-state index in [-0.39, 0.29) is 22.9 Å². The molecule has 2 aromatic rings. The van der Waals surface area contributed by atoms with E-state index in [4.69, 9.17) is 14.3 Å². The molecule has 0 saturated heterocycles. The lowest BCUT2D eigenvalue weighted by molar-refractivity contribution is 0.0662. The summed E-state index contributed by atoms with van der Waals surface area (Å²) in [6, 6.07) is 3.78. The minimum absolute atomic E-state index is 0.0522. The van der Waals surface area contributed by atoms with Crippen molar-refractivity contribution in [2.45, 2.75) is 6.92 Å². The number of nitrogens with zero attached hydrogens (tertiary/aromatic N) is 1. The fourth-order valence-corrected chi connectivity index (χ4v) is 1.62. The highest BCUT2D eigenvalue weighted by Crippen LogP contribution is 2.32. The van der Waals surface area contributed by atoms with Crippen LogP contribution in [0.4, 0.5) is 4.39 Å². The average molecular weight is 251 g/mol. The van der Waals surface area contributed by atoms with Crippen molar-refractivity contribution in [3.05, 3.63) is 35.7 Å². The summed E-state index contributed by atoms with van der Waals surface area (Å²) in [4.78, 5) is 15.0. The molecule has 94 valence electrons. The van der Waals surface area contributed by atoms with E-state index >= 15 is 0 Å². The normalized spacial score (nSPS) is 10.4. The van der Waals surface area contributed by atoms with Crippen LogP contribution in [0.1, 0.15) is 16.4 Å². The number of oxazole rings is 1.